The molecule has 3 rings (SSSR count). The molecule has 144 valence electrons. The first-order valence-electron chi connectivity index (χ1n) is 8.61. The molecule has 0 aliphatic carbocycles. The Kier molecular flexibility index (Phi) is 5.44. The van der Waals surface area contributed by atoms with Gasteiger partial charge < -0.3 is 5.32 Å². The molecule has 1 N–H and O–H groups in total. The average Bonchev–Trinajstić information content (AvgIpc) is 2.70. The largest absolute Gasteiger partial charge is 0.352 e. The van der Waals surface area contributed by atoms with Crippen LogP contribution in [-0.2, 0) is 13.1 Å². The fraction of sp³-hybridized carbons (Fsp3) is 0.211. The summed E-state index contributed by atoms with van der Waals surface area (Å²) in [5.74, 6) is -1.28. The van der Waals surface area contributed by atoms with E-state index in [1.54, 1.807) is 38.2 Å². The fourth-order valence-electron chi connectivity index (χ4n) is 2.57. The lowest BCUT2D eigenvalue weighted by atomic mass is 10.2. The average molecular weight is 383 g/mol. The van der Waals surface area contributed by atoms with Crippen molar-refractivity contribution in [2.75, 3.05) is 0 Å². The van der Waals surface area contributed by atoms with Crippen molar-refractivity contribution in [3.05, 3.63) is 86.2 Å². The van der Waals surface area contributed by atoms with E-state index >= 15 is 0 Å². The van der Waals surface area contributed by atoms with Crippen molar-refractivity contribution in [3.8, 4) is 5.69 Å². The molecule has 0 unspecified atom stereocenters. The van der Waals surface area contributed by atoms with Gasteiger partial charge in [-0.1, -0.05) is 12.1 Å². The van der Waals surface area contributed by atoms with Crippen LogP contribution in [0.1, 0.15) is 28.7 Å². The van der Waals surface area contributed by atoms with Crippen LogP contribution in [0.5, 0.6) is 0 Å². The molecule has 2 aromatic heterocycles. The Morgan fingerprint density at radius 2 is 2.00 bits per heavy atom. The van der Waals surface area contributed by atoms with E-state index in [-0.39, 0.29) is 18.8 Å². The molecule has 0 spiro atoms. The Labute approximate surface area is 159 Å². The number of hydrogen-bond acceptors (Lipinski definition) is 5. The van der Waals surface area contributed by atoms with Crippen LogP contribution >= 0.6 is 0 Å². The number of pyridine rings is 1. The summed E-state index contributed by atoms with van der Waals surface area (Å²) < 4.78 is 15.7. The zero-order valence-electron chi connectivity index (χ0n) is 15.3. The lowest BCUT2D eigenvalue weighted by Gasteiger charge is -2.11. The summed E-state index contributed by atoms with van der Waals surface area (Å²) in [7, 11) is 0. The molecular weight excluding hydrogens is 365 g/mol. The molecule has 0 radical (unpaired) electrons. The molecule has 0 saturated carbocycles. The van der Waals surface area contributed by atoms with Crippen LogP contribution in [0.2, 0.25) is 0 Å². The maximum Gasteiger partial charge on any atom is 0.352 e. The van der Waals surface area contributed by atoms with Gasteiger partial charge in [-0.25, -0.2) is 9.18 Å². The summed E-state index contributed by atoms with van der Waals surface area (Å²) in [6, 6.07) is 9.33. The second-order valence-electron chi connectivity index (χ2n) is 6.03. The van der Waals surface area contributed by atoms with E-state index in [9.17, 15) is 18.8 Å². The number of benzene rings is 1. The number of hydrogen-bond donors (Lipinski definition) is 1. The minimum atomic E-state index is -0.810. The van der Waals surface area contributed by atoms with Gasteiger partial charge in [-0.05, 0) is 37.6 Å². The number of nitrogens with zero attached hydrogens (tertiary/aromatic N) is 4. The smallest absolute Gasteiger partial charge is 0.345 e. The number of aromatic nitrogens is 4. The fourth-order valence-corrected chi connectivity index (χ4v) is 2.57. The molecule has 28 heavy (non-hydrogen) atoms. The highest BCUT2D eigenvalue weighted by atomic mass is 19.1. The number of aryl methyl sites for hydroxylation is 1. The SMILES string of the molecule is CCn1c(=O)c(C(=O)NCc2ccccn2)nn(-c2ccc(C)c(F)c2)c1=O. The normalized spacial score (nSPS) is 10.7. The number of carbonyl (C=O) groups excluding carboxylic acids is 1. The van der Waals surface area contributed by atoms with Crippen molar-refractivity contribution in [1.29, 1.82) is 0 Å². The predicted octanol–water partition coefficient (Wildman–Crippen LogP) is 1.19. The lowest BCUT2D eigenvalue weighted by Crippen LogP contribution is -2.45. The zero-order chi connectivity index (χ0) is 20.3. The molecule has 2 heterocycles. The number of rotatable bonds is 5. The summed E-state index contributed by atoms with van der Waals surface area (Å²) >= 11 is 0. The standard InChI is InChI=1S/C19H18FN5O3/c1-3-24-18(27)16(17(26)22-11-13-6-4-5-9-21-13)23-25(19(24)28)14-8-7-12(2)15(20)10-14/h4-10H,3,11H2,1-2H3,(H,22,26). The van der Waals surface area contributed by atoms with Gasteiger partial charge in [-0.15, -0.1) is 0 Å². The minimum absolute atomic E-state index is 0.0368. The Bertz CT molecular complexity index is 1140. The van der Waals surface area contributed by atoms with E-state index in [0.29, 0.717) is 11.3 Å². The first kappa shape index (κ1) is 19.2. The third-order valence-electron chi connectivity index (χ3n) is 4.15. The first-order chi connectivity index (χ1) is 13.4. The molecule has 3 aromatic rings. The topological polar surface area (TPSA) is 98.9 Å². The number of carbonyl (C=O) groups is 1. The third-order valence-corrected chi connectivity index (χ3v) is 4.15. The zero-order valence-corrected chi connectivity index (χ0v) is 15.3. The predicted molar refractivity (Wildman–Crippen MR) is 99.9 cm³/mol. The van der Waals surface area contributed by atoms with E-state index in [1.165, 1.54) is 12.1 Å². The van der Waals surface area contributed by atoms with Gasteiger partial charge in [0.2, 0.25) is 5.69 Å². The lowest BCUT2D eigenvalue weighted by molar-refractivity contribution is 0.0940. The molecule has 0 atom stereocenters. The molecule has 9 heteroatoms. The molecule has 0 fully saturated rings. The van der Waals surface area contributed by atoms with Gasteiger partial charge in [0.15, 0.2) is 0 Å². The van der Waals surface area contributed by atoms with Crippen LogP contribution in [-0.4, -0.2) is 25.2 Å². The van der Waals surface area contributed by atoms with Crippen LogP contribution < -0.4 is 16.6 Å². The summed E-state index contributed by atoms with van der Waals surface area (Å²) in [5, 5.41) is 6.46. The van der Waals surface area contributed by atoms with Gasteiger partial charge >= 0.3 is 5.69 Å². The summed E-state index contributed by atoms with van der Waals surface area (Å²) in [4.78, 5) is 41.7. The van der Waals surface area contributed by atoms with Crippen LogP contribution in [0.25, 0.3) is 5.69 Å². The van der Waals surface area contributed by atoms with E-state index in [1.807, 2.05) is 0 Å². The monoisotopic (exact) mass is 383 g/mol. The van der Waals surface area contributed by atoms with E-state index < -0.39 is 28.7 Å². The summed E-state index contributed by atoms with van der Waals surface area (Å²) in [6.07, 6.45) is 1.58. The van der Waals surface area contributed by atoms with Crippen molar-refractivity contribution >= 4 is 5.91 Å². The maximum absolute atomic E-state index is 13.9. The molecule has 1 amide bonds. The number of halogens is 1. The molecule has 0 saturated heterocycles. The van der Waals surface area contributed by atoms with Gasteiger partial charge in [0.05, 0.1) is 17.9 Å². The molecule has 1 aromatic carbocycles. The number of nitrogens with one attached hydrogen (secondary N) is 1. The Morgan fingerprint density at radius 3 is 2.64 bits per heavy atom. The highest BCUT2D eigenvalue weighted by Gasteiger charge is 2.20. The van der Waals surface area contributed by atoms with Crippen LogP contribution in [0, 0.1) is 12.7 Å². The Hall–Kier alpha value is -3.62. The highest BCUT2D eigenvalue weighted by Crippen LogP contribution is 2.11. The van der Waals surface area contributed by atoms with E-state index in [2.05, 4.69) is 15.4 Å². The third kappa shape index (κ3) is 3.73. The van der Waals surface area contributed by atoms with Gasteiger partial charge in [0.1, 0.15) is 5.82 Å². The quantitative estimate of drug-likeness (QED) is 0.714. The summed E-state index contributed by atoms with van der Waals surface area (Å²) in [6.45, 7) is 3.30. The van der Waals surface area contributed by atoms with Crippen LogP contribution in [0.4, 0.5) is 4.39 Å². The van der Waals surface area contributed by atoms with Gasteiger partial charge in [-0.2, -0.15) is 9.78 Å². The van der Waals surface area contributed by atoms with Crippen molar-refractivity contribution < 1.29 is 9.18 Å². The second kappa shape index (κ2) is 7.95. The molecule has 0 aliphatic heterocycles. The van der Waals surface area contributed by atoms with Gasteiger partial charge in [0.25, 0.3) is 11.5 Å². The molecule has 0 bridgehead atoms. The van der Waals surface area contributed by atoms with Crippen LogP contribution in [0.3, 0.4) is 0 Å². The molecule has 8 nitrogen and oxygen atoms in total. The molecule has 0 aliphatic rings. The highest BCUT2D eigenvalue weighted by molar-refractivity contribution is 5.91. The van der Waals surface area contributed by atoms with Gasteiger partial charge in [0, 0.05) is 18.8 Å². The number of amides is 1. The van der Waals surface area contributed by atoms with Crippen LogP contribution in [0.15, 0.2) is 52.2 Å². The van der Waals surface area contributed by atoms with Crippen molar-refractivity contribution in [1.82, 2.24) is 24.6 Å². The Morgan fingerprint density at radius 1 is 1.21 bits per heavy atom. The molecular formula is C19H18FN5O3. The summed E-state index contributed by atoms with van der Waals surface area (Å²) in [5.41, 5.74) is -0.908. The van der Waals surface area contributed by atoms with Crippen molar-refractivity contribution in [2.45, 2.75) is 26.9 Å². The van der Waals surface area contributed by atoms with Gasteiger partial charge in [-0.3, -0.25) is 19.1 Å². The second-order valence-corrected chi connectivity index (χ2v) is 6.03. The maximum atomic E-state index is 13.9. The first-order valence-corrected chi connectivity index (χ1v) is 8.61. The van der Waals surface area contributed by atoms with Crippen molar-refractivity contribution in [3.63, 3.8) is 0 Å². The van der Waals surface area contributed by atoms with E-state index in [4.69, 9.17) is 0 Å². The van der Waals surface area contributed by atoms with E-state index in [0.717, 1.165) is 15.3 Å². The van der Waals surface area contributed by atoms with Crippen molar-refractivity contribution in [2.24, 2.45) is 0 Å². The minimum Gasteiger partial charge on any atom is -0.345 e. The Balaban J connectivity index is 2.03.